The van der Waals surface area contributed by atoms with Gasteiger partial charge < -0.3 is 23.7 Å². The van der Waals surface area contributed by atoms with Gasteiger partial charge in [0.15, 0.2) is 11.5 Å². The number of esters is 1. The van der Waals surface area contributed by atoms with Gasteiger partial charge in [-0.1, -0.05) is 18.2 Å². The van der Waals surface area contributed by atoms with Crippen molar-refractivity contribution in [2.75, 3.05) is 13.4 Å². The fourth-order valence-electron chi connectivity index (χ4n) is 3.65. The van der Waals surface area contributed by atoms with Crippen LogP contribution in [0.1, 0.15) is 24.6 Å². The lowest BCUT2D eigenvalue weighted by atomic mass is 9.96. The van der Waals surface area contributed by atoms with Crippen LogP contribution in [0.4, 0.5) is 5.69 Å². The Morgan fingerprint density at radius 2 is 1.94 bits per heavy atom. The van der Waals surface area contributed by atoms with Crippen LogP contribution in [0.2, 0.25) is 0 Å². The summed E-state index contributed by atoms with van der Waals surface area (Å²) in [5.41, 5.74) is 3.32. The molecule has 0 saturated carbocycles. The molecule has 162 valence electrons. The van der Waals surface area contributed by atoms with Crippen LogP contribution in [0.15, 0.2) is 57.4 Å². The third-order valence-corrected chi connectivity index (χ3v) is 5.20. The van der Waals surface area contributed by atoms with E-state index in [1.54, 1.807) is 13.0 Å². The molecule has 0 fully saturated rings. The van der Waals surface area contributed by atoms with Gasteiger partial charge in [0, 0.05) is 11.6 Å². The lowest BCUT2D eigenvalue weighted by molar-refractivity contribution is -0.137. The Morgan fingerprint density at radius 3 is 2.72 bits per heavy atom. The highest BCUT2D eigenvalue weighted by atomic mass is 16.7. The van der Waals surface area contributed by atoms with Crippen molar-refractivity contribution in [2.24, 2.45) is 4.99 Å². The monoisotopic (exact) mass is 432 g/mol. The molecule has 8 heteroatoms. The molecule has 0 atom stereocenters. The quantitative estimate of drug-likeness (QED) is 0.469. The third-order valence-electron chi connectivity index (χ3n) is 5.20. The van der Waals surface area contributed by atoms with Gasteiger partial charge in [0.2, 0.25) is 12.7 Å². The number of oxazole rings is 1. The highest BCUT2D eigenvalue weighted by Crippen LogP contribution is 2.41. The van der Waals surface area contributed by atoms with Gasteiger partial charge >= 0.3 is 11.9 Å². The zero-order chi connectivity index (χ0) is 22.1. The van der Waals surface area contributed by atoms with Crippen LogP contribution in [-0.2, 0) is 16.0 Å². The zero-order valence-electron chi connectivity index (χ0n) is 17.3. The fourth-order valence-corrected chi connectivity index (χ4v) is 3.65. The summed E-state index contributed by atoms with van der Waals surface area (Å²) in [6, 6.07) is 12.9. The summed E-state index contributed by atoms with van der Waals surface area (Å²) < 4.78 is 21.5. The molecule has 8 nitrogen and oxygen atoms in total. The molecule has 3 aromatic rings. The second-order valence-corrected chi connectivity index (χ2v) is 7.25. The Balaban J connectivity index is 1.55. The normalized spacial score (nSPS) is 14.7. The van der Waals surface area contributed by atoms with E-state index in [1.165, 1.54) is 6.08 Å². The lowest BCUT2D eigenvalue weighted by Gasteiger charge is -2.17. The first-order valence-corrected chi connectivity index (χ1v) is 10.3. The molecule has 5 rings (SSSR count). The van der Waals surface area contributed by atoms with Gasteiger partial charge in [-0.3, -0.25) is 4.99 Å². The second kappa shape index (κ2) is 8.22. The molecule has 0 spiro atoms. The van der Waals surface area contributed by atoms with Crippen LogP contribution in [0.25, 0.3) is 17.5 Å². The SMILES string of the molecule is CCOC(=O)/C(=C\c1nc(-c2ccccc2)oc1O)C1=Nc2cc3c(cc2CC1)OCO3. The van der Waals surface area contributed by atoms with E-state index >= 15 is 0 Å². The molecular weight excluding hydrogens is 412 g/mol. The van der Waals surface area contributed by atoms with Crippen LogP contribution in [0, 0.1) is 0 Å². The fraction of sp³-hybridized carbons (Fsp3) is 0.208. The Hall–Kier alpha value is -4.07. The molecule has 0 bridgehead atoms. The molecule has 3 heterocycles. The van der Waals surface area contributed by atoms with Gasteiger partial charge in [0.1, 0.15) is 5.69 Å². The molecule has 0 aliphatic carbocycles. The minimum Gasteiger partial charge on any atom is -0.479 e. The number of aromatic hydroxyl groups is 1. The smallest absolute Gasteiger partial charge is 0.340 e. The maximum Gasteiger partial charge on any atom is 0.340 e. The van der Waals surface area contributed by atoms with Gasteiger partial charge in [0.05, 0.1) is 23.6 Å². The number of ether oxygens (including phenoxy) is 3. The standard InChI is InChI=1S/C24H20N2O6/c1-2-29-23(27)16(11-19-24(28)32-22(26-19)14-6-4-3-5-7-14)17-9-8-15-10-20-21(31-13-30-20)12-18(15)25-17/h3-7,10-12,28H,2,8-9,13H2,1H3/b16-11-. The Labute approximate surface area is 183 Å². The van der Waals surface area contributed by atoms with Crippen molar-refractivity contribution in [1.29, 1.82) is 0 Å². The number of aryl methyl sites for hydroxylation is 1. The number of fused-ring (bicyclic) bond motifs is 2. The number of benzene rings is 2. The molecule has 0 saturated heterocycles. The van der Waals surface area contributed by atoms with Crippen molar-refractivity contribution in [3.63, 3.8) is 0 Å². The van der Waals surface area contributed by atoms with E-state index in [0.717, 1.165) is 5.56 Å². The molecule has 32 heavy (non-hydrogen) atoms. The van der Waals surface area contributed by atoms with Crippen LogP contribution >= 0.6 is 0 Å². The summed E-state index contributed by atoms with van der Waals surface area (Å²) >= 11 is 0. The highest BCUT2D eigenvalue weighted by molar-refractivity contribution is 6.24. The number of aromatic nitrogens is 1. The molecule has 2 aromatic carbocycles. The van der Waals surface area contributed by atoms with Crippen molar-refractivity contribution < 1.29 is 28.5 Å². The number of rotatable bonds is 5. The first-order valence-electron chi connectivity index (χ1n) is 10.3. The highest BCUT2D eigenvalue weighted by Gasteiger charge is 2.26. The van der Waals surface area contributed by atoms with Gasteiger partial charge in [-0.25, -0.2) is 9.78 Å². The predicted molar refractivity (Wildman–Crippen MR) is 116 cm³/mol. The molecule has 0 amide bonds. The maximum atomic E-state index is 12.8. The largest absolute Gasteiger partial charge is 0.479 e. The Kier molecular flexibility index (Phi) is 5.10. The molecule has 2 aliphatic rings. The average molecular weight is 432 g/mol. The molecule has 2 aliphatic heterocycles. The van der Waals surface area contributed by atoms with Gasteiger partial charge in [-0.15, -0.1) is 0 Å². The second-order valence-electron chi connectivity index (χ2n) is 7.25. The van der Waals surface area contributed by atoms with Crippen LogP contribution in [-0.4, -0.2) is 35.2 Å². The molecule has 1 N–H and O–H groups in total. The van der Waals surface area contributed by atoms with E-state index in [9.17, 15) is 9.90 Å². The first-order chi connectivity index (χ1) is 15.6. The average Bonchev–Trinajstić information content (AvgIpc) is 3.42. The van der Waals surface area contributed by atoms with E-state index < -0.39 is 5.97 Å². The molecule has 0 radical (unpaired) electrons. The minimum absolute atomic E-state index is 0.131. The van der Waals surface area contributed by atoms with E-state index in [1.807, 2.05) is 36.4 Å². The first kappa shape index (κ1) is 19.9. The summed E-state index contributed by atoms with van der Waals surface area (Å²) in [7, 11) is 0. The van der Waals surface area contributed by atoms with Crippen molar-refractivity contribution in [1.82, 2.24) is 4.98 Å². The number of carbonyl (C=O) groups excluding carboxylic acids is 1. The number of hydrogen-bond acceptors (Lipinski definition) is 8. The lowest BCUT2D eigenvalue weighted by Crippen LogP contribution is -2.18. The zero-order valence-corrected chi connectivity index (χ0v) is 17.3. The molecular formula is C24H20N2O6. The van der Waals surface area contributed by atoms with Crippen LogP contribution < -0.4 is 9.47 Å². The number of hydrogen-bond donors (Lipinski definition) is 1. The summed E-state index contributed by atoms with van der Waals surface area (Å²) in [5, 5.41) is 10.3. The summed E-state index contributed by atoms with van der Waals surface area (Å²) in [5.74, 6) is 0.646. The topological polar surface area (TPSA) is 103 Å². The number of carbonyl (C=O) groups is 1. The van der Waals surface area contributed by atoms with Gasteiger partial charge in [-0.2, -0.15) is 0 Å². The molecule has 0 unspecified atom stereocenters. The van der Waals surface area contributed by atoms with Crippen molar-refractivity contribution in [2.45, 2.75) is 19.8 Å². The van der Waals surface area contributed by atoms with E-state index in [4.69, 9.17) is 18.6 Å². The summed E-state index contributed by atoms with van der Waals surface area (Å²) in [6.45, 7) is 2.12. The van der Waals surface area contributed by atoms with Crippen LogP contribution in [0.3, 0.4) is 0 Å². The van der Waals surface area contributed by atoms with Crippen molar-refractivity contribution >= 4 is 23.4 Å². The van der Waals surface area contributed by atoms with E-state index in [2.05, 4.69) is 9.98 Å². The predicted octanol–water partition coefficient (Wildman–Crippen LogP) is 4.44. The van der Waals surface area contributed by atoms with Crippen molar-refractivity contribution in [3.8, 4) is 28.9 Å². The van der Waals surface area contributed by atoms with E-state index in [0.29, 0.717) is 41.3 Å². The maximum absolute atomic E-state index is 12.8. The summed E-state index contributed by atoms with van der Waals surface area (Å²) in [6.07, 6.45) is 2.64. The van der Waals surface area contributed by atoms with E-state index in [-0.39, 0.29) is 36.5 Å². The van der Waals surface area contributed by atoms with Crippen molar-refractivity contribution in [3.05, 3.63) is 59.3 Å². The Morgan fingerprint density at radius 1 is 1.16 bits per heavy atom. The number of aliphatic imine (C=N–C) groups is 1. The van der Waals surface area contributed by atoms with Gasteiger partial charge in [0.25, 0.3) is 0 Å². The number of nitrogens with zero attached hydrogens (tertiary/aromatic N) is 2. The van der Waals surface area contributed by atoms with Crippen LogP contribution in [0.5, 0.6) is 17.4 Å². The minimum atomic E-state index is -0.542. The van der Waals surface area contributed by atoms with Gasteiger partial charge in [-0.05, 0) is 49.6 Å². The Bertz CT molecular complexity index is 1240. The third kappa shape index (κ3) is 3.71. The molecule has 1 aromatic heterocycles. The summed E-state index contributed by atoms with van der Waals surface area (Å²) in [4.78, 5) is 21.8.